The third-order valence-corrected chi connectivity index (χ3v) is 11.9. The summed E-state index contributed by atoms with van der Waals surface area (Å²) in [6, 6.07) is 21.9. The molecule has 1 heterocycles. The number of aliphatic hydroxyl groups excluding tert-OH is 1. The van der Waals surface area contributed by atoms with Gasteiger partial charge in [0.2, 0.25) is 5.76 Å². The van der Waals surface area contributed by atoms with Crippen LogP contribution in [0.4, 0.5) is 13.2 Å². The number of carbonyl (C=O) groups excluding carboxylic acids is 1. The average Bonchev–Trinajstić information content (AvgIpc) is 3.10. The largest absolute Gasteiger partial charge is 0.504 e. The number of alkyl halides is 3. The van der Waals surface area contributed by atoms with Gasteiger partial charge in [-0.2, -0.15) is 13.2 Å². The van der Waals surface area contributed by atoms with Gasteiger partial charge < -0.3 is 5.11 Å². The van der Waals surface area contributed by atoms with Crippen LogP contribution in [0.1, 0.15) is 147 Å². The SMILES string of the molecule is Cc1cc(C)c2c(C3CCC(CC(C)C)(CC(C)C)CC3)cc(-c3[c-]c4ccccc4c(C(C)(C)C)c3)nc2c1.O=C(/C=C(\O)C(F)(F)F)C1CCCCC1.[Ir]. The minimum atomic E-state index is -4.82. The van der Waals surface area contributed by atoms with Crippen LogP contribution in [0.15, 0.2) is 60.4 Å². The molecular weight excluding hydrogens is 884 g/mol. The summed E-state index contributed by atoms with van der Waals surface area (Å²) in [4.78, 5) is 16.6. The normalized spacial score (nSPS) is 17.2. The molecule has 307 valence electrons. The Bertz CT molecular complexity index is 1980. The number of aliphatic hydroxyl groups is 1. The molecule has 0 bridgehead atoms. The van der Waals surface area contributed by atoms with Crippen LogP contribution < -0.4 is 0 Å². The van der Waals surface area contributed by atoms with Crippen LogP contribution in [0, 0.1) is 43.1 Å². The van der Waals surface area contributed by atoms with E-state index in [1.54, 1.807) is 0 Å². The van der Waals surface area contributed by atoms with Crippen molar-refractivity contribution in [2.24, 2.45) is 23.2 Å². The van der Waals surface area contributed by atoms with Crippen molar-refractivity contribution in [3.63, 3.8) is 0 Å². The first kappa shape index (κ1) is 45.7. The fraction of sp³-hybridized carbons (Fsp3) is 0.551. The van der Waals surface area contributed by atoms with Crippen molar-refractivity contribution in [1.29, 1.82) is 0 Å². The first-order chi connectivity index (χ1) is 25.8. The first-order valence-electron chi connectivity index (χ1n) is 20.7. The standard InChI is InChI=1S/C39H50N.C10H13F3O2.Ir/c1-25(2)23-39(24-26(3)4)16-14-29(15-17-39)33-22-35(40-36-19-27(5)18-28(6)37(33)36)31-20-30-12-10-11-13-32(30)34(21-31)38(7,8)9;11-10(12,13)9(15)6-8(14)7-4-2-1-3-5-7;/h10-13,18-19,21-22,25-26,29H,14-17,23-24H2,1-9H3;6-7,15H,1-5H2;/q-1;;/b;9-6-;. The zero-order chi connectivity index (χ0) is 40.3. The van der Waals surface area contributed by atoms with Crippen LogP contribution in [0.2, 0.25) is 0 Å². The second kappa shape index (κ2) is 18.7. The fourth-order valence-electron chi connectivity index (χ4n) is 9.73. The molecule has 2 aliphatic rings. The van der Waals surface area contributed by atoms with Gasteiger partial charge in [0.05, 0.1) is 5.52 Å². The Morgan fingerprint density at radius 1 is 0.911 bits per heavy atom. The summed E-state index contributed by atoms with van der Waals surface area (Å²) in [6.07, 6.45) is 7.48. The third kappa shape index (κ3) is 11.3. The number of halogens is 3. The molecule has 7 heteroatoms. The van der Waals surface area contributed by atoms with Gasteiger partial charge in [-0.1, -0.05) is 109 Å². The third-order valence-electron chi connectivity index (χ3n) is 11.9. The topological polar surface area (TPSA) is 50.2 Å². The van der Waals surface area contributed by atoms with Gasteiger partial charge in [0, 0.05) is 43.2 Å². The Morgan fingerprint density at radius 3 is 2.09 bits per heavy atom. The number of pyridine rings is 1. The maximum atomic E-state index is 11.9. The zero-order valence-corrected chi connectivity index (χ0v) is 37.4. The van der Waals surface area contributed by atoms with E-state index < -0.39 is 17.7 Å². The second-order valence-corrected chi connectivity index (χ2v) is 18.7. The van der Waals surface area contributed by atoms with Gasteiger partial charge in [0.15, 0.2) is 5.78 Å². The van der Waals surface area contributed by atoms with Crippen molar-refractivity contribution in [2.45, 2.75) is 150 Å². The Hall–Kier alpha value is -3.02. The van der Waals surface area contributed by atoms with Crippen LogP contribution in [0.3, 0.4) is 0 Å². The molecule has 56 heavy (non-hydrogen) atoms. The molecule has 2 fully saturated rings. The summed E-state index contributed by atoms with van der Waals surface area (Å²) >= 11 is 0. The summed E-state index contributed by atoms with van der Waals surface area (Å²) in [5.74, 6) is -0.643. The monoisotopic (exact) mass is 947 g/mol. The molecule has 4 aromatic rings. The van der Waals surface area contributed by atoms with Gasteiger partial charge in [-0.05, 0) is 117 Å². The molecule has 2 aliphatic carbocycles. The van der Waals surface area contributed by atoms with Gasteiger partial charge in [-0.25, -0.2) is 0 Å². The molecule has 0 unspecified atom stereocenters. The van der Waals surface area contributed by atoms with Crippen molar-refractivity contribution in [2.75, 3.05) is 0 Å². The van der Waals surface area contributed by atoms with E-state index in [0.29, 0.717) is 30.3 Å². The van der Waals surface area contributed by atoms with Crippen molar-refractivity contribution >= 4 is 27.5 Å². The molecule has 1 aromatic heterocycles. The minimum absolute atomic E-state index is 0. The molecule has 6 rings (SSSR count). The molecule has 1 radical (unpaired) electrons. The number of benzene rings is 3. The second-order valence-electron chi connectivity index (χ2n) is 18.7. The number of nitrogens with zero attached hydrogens (tertiary/aromatic N) is 1. The molecule has 0 spiro atoms. The maximum absolute atomic E-state index is 11.9. The summed E-state index contributed by atoms with van der Waals surface area (Å²) in [6.45, 7) is 21.1. The minimum Gasteiger partial charge on any atom is -0.504 e. The summed E-state index contributed by atoms with van der Waals surface area (Å²) in [7, 11) is 0. The smallest absolute Gasteiger partial charge is 0.448 e. The van der Waals surface area contributed by atoms with E-state index in [2.05, 4.69) is 117 Å². The molecule has 3 aromatic carbocycles. The number of fused-ring (bicyclic) bond motifs is 2. The molecular formula is C49H63F3IrNO2-. The number of aromatic nitrogens is 1. The van der Waals surface area contributed by atoms with E-state index >= 15 is 0 Å². The molecule has 1 N–H and O–H groups in total. The molecule has 0 aliphatic heterocycles. The van der Waals surface area contributed by atoms with E-state index in [0.717, 1.165) is 47.9 Å². The summed E-state index contributed by atoms with van der Waals surface area (Å²) in [5, 5.41) is 12.5. The predicted octanol–water partition coefficient (Wildman–Crippen LogP) is 14.6. The van der Waals surface area contributed by atoms with Crippen LogP contribution in [0.5, 0.6) is 0 Å². The predicted molar refractivity (Wildman–Crippen MR) is 223 cm³/mol. The van der Waals surface area contributed by atoms with Crippen LogP contribution in [-0.2, 0) is 30.3 Å². The van der Waals surface area contributed by atoms with Gasteiger partial charge in [-0.15, -0.1) is 29.1 Å². The Labute approximate surface area is 347 Å². The average molecular weight is 947 g/mol. The van der Waals surface area contributed by atoms with Crippen LogP contribution in [-0.4, -0.2) is 22.1 Å². The van der Waals surface area contributed by atoms with Crippen LogP contribution in [0.25, 0.3) is 32.9 Å². The molecule has 0 amide bonds. The van der Waals surface area contributed by atoms with E-state index in [9.17, 15) is 18.0 Å². The number of carbonyl (C=O) groups is 1. The molecule has 0 atom stereocenters. The van der Waals surface area contributed by atoms with E-state index in [4.69, 9.17) is 10.1 Å². The zero-order valence-electron chi connectivity index (χ0n) is 35.1. The Balaban J connectivity index is 0.000000368. The number of hydrogen-bond acceptors (Lipinski definition) is 3. The van der Waals surface area contributed by atoms with Crippen LogP contribution >= 0.6 is 0 Å². The van der Waals surface area contributed by atoms with Gasteiger partial charge in [-0.3, -0.25) is 9.78 Å². The number of aryl methyl sites for hydroxylation is 2. The molecule has 3 nitrogen and oxygen atoms in total. The van der Waals surface area contributed by atoms with Crippen molar-refractivity contribution < 1.29 is 43.2 Å². The summed E-state index contributed by atoms with van der Waals surface area (Å²) < 4.78 is 35.7. The maximum Gasteiger partial charge on any atom is 0.448 e. The van der Waals surface area contributed by atoms with Crippen molar-refractivity contribution in [3.8, 4) is 11.3 Å². The van der Waals surface area contributed by atoms with Crippen molar-refractivity contribution in [1.82, 2.24) is 4.98 Å². The van der Waals surface area contributed by atoms with E-state index in [-0.39, 0.29) is 31.4 Å². The van der Waals surface area contributed by atoms with E-state index in [1.165, 1.54) is 76.9 Å². The van der Waals surface area contributed by atoms with Gasteiger partial charge >= 0.3 is 6.18 Å². The number of allylic oxidation sites excluding steroid dienone is 2. The summed E-state index contributed by atoms with van der Waals surface area (Å²) in [5.41, 5.74) is 9.41. The first-order valence-corrected chi connectivity index (χ1v) is 20.7. The Kier molecular flexibility index (Phi) is 15.3. The quantitative estimate of drug-likeness (QED) is 0.109. The number of rotatable bonds is 8. The molecule has 2 saturated carbocycles. The molecule has 0 saturated heterocycles. The Morgan fingerprint density at radius 2 is 1.52 bits per heavy atom. The van der Waals surface area contributed by atoms with Gasteiger partial charge in [0.1, 0.15) is 0 Å². The number of ketones is 1. The fourth-order valence-corrected chi connectivity index (χ4v) is 9.73. The van der Waals surface area contributed by atoms with Crippen molar-refractivity contribution in [3.05, 3.63) is 88.7 Å². The van der Waals surface area contributed by atoms with E-state index in [1.807, 2.05) is 0 Å². The van der Waals surface area contributed by atoms with Gasteiger partial charge in [0.25, 0.3) is 0 Å². The number of hydrogen-bond donors (Lipinski definition) is 1.